The van der Waals surface area contributed by atoms with Gasteiger partial charge in [0.1, 0.15) is 0 Å². The molecule has 150 valence electrons. The predicted molar refractivity (Wildman–Crippen MR) is 116 cm³/mol. The van der Waals surface area contributed by atoms with Crippen molar-refractivity contribution in [2.75, 3.05) is 18.4 Å². The zero-order valence-electron chi connectivity index (χ0n) is 17.9. The first-order valence-corrected chi connectivity index (χ1v) is 10.8. The molecule has 3 rings (SSSR count). The summed E-state index contributed by atoms with van der Waals surface area (Å²) >= 11 is 0. The van der Waals surface area contributed by atoms with Crippen molar-refractivity contribution >= 4 is 11.6 Å². The molecule has 0 spiro atoms. The summed E-state index contributed by atoms with van der Waals surface area (Å²) in [6.07, 6.45) is 5.98. The van der Waals surface area contributed by atoms with E-state index >= 15 is 0 Å². The number of nitrogens with one attached hydrogen (secondary N) is 1. The van der Waals surface area contributed by atoms with Gasteiger partial charge in [-0.1, -0.05) is 44.4 Å². The van der Waals surface area contributed by atoms with Gasteiger partial charge in [-0.15, -0.1) is 0 Å². The summed E-state index contributed by atoms with van der Waals surface area (Å²) in [4.78, 5) is 7.69. The van der Waals surface area contributed by atoms with E-state index in [1.807, 2.05) is 0 Å². The number of nitrogens with zero attached hydrogens (tertiary/aromatic N) is 2. The average Bonchev–Trinajstić information content (AvgIpc) is 2.57. The van der Waals surface area contributed by atoms with Crippen molar-refractivity contribution in [2.24, 2.45) is 22.6 Å². The molecule has 0 aromatic heterocycles. The largest absolute Gasteiger partial charge is 0.342 e. The number of guanidine groups is 1. The minimum Gasteiger partial charge on any atom is -0.342 e. The van der Waals surface area contributed by atoms with E-state index in [1.165, 1.54) is 41.6 Å². The van der Waals surface area contributed by atoms with Gasteiger partial charge in [0, 0.05) is 24.8 Å². The number of aryl methyl sites for hydroxylation is 3. The number of nitrogens with two attached hydrogens (primary N) is 1. The van der Waals surface area contributed by atoms with Crippen molar-refractivity contribution in [3.63, 3.8) is 0 Å². The Hall–Kier alpha value is -1.55. The lowest BCUT2D eigenvalue weighted by Gasteiger charge is -2.38. The first-order chi connectivity index (χ1) is 12.8. The van der Waals surface area contributed by atoms with Crippen LogP contribution < -0.4 is 11.1 Å². The van der Waals surface area contributed by atoms with Gasteiger partial charge < -0.3 is 16.0 Å². The summed E-state index contributed by atoms with van der Waals surface area (Å²) in [5.74, 6) is 2.42. The molecule has 1 heterocycles. The van der Waals surface area contributed by atoms with Crippen molar-refractivity contribution in [2.45, 2.75) is 78.8 Å². The number of hydrogen-bond donors (Lipinski definition) is 2. The molecule has 0 bridgehead atoms. The molecule has 0 amide bonds. The van der Waals surface area contributed by atoms with Crippen LogP contribution in [0.25, 0.3) is 0 Å². The third kappa shape index (κ3) is 5.04. The minimum atomic E-state index is 0.190. The maximum absolute atomic E-state index is 6.43. The maximum atomic E-state index is 6.43. The van der Waals surface area contributed by atoms with Crippen LogP contribution in [0.15, 0.2) is 17.1 Å². The van der Waals surface area contributed by atoms with Crippen LogP contribution >= 0.6 is 0 Å². The maximum Gasteiger partial charge on any atom is 0.198 e. The molecule has 1 aliphatic carbocycles. The standard InChI is InChI=1S/C23H38N4/c1-15-11-18(4)22(19(5)12-15)26-23(25-21-9-7-6-8-20(21)24)27-13-16(2)10-17(3)14-27/h11-12,16-17,20-21H,6-10,13-14,24H2,1-5H3,(H,25,26)/t16?,17?,20-,21-/m0/s1. The smallest absolute Gasteiger partial charge is 0.198 e. The van der Waals surface area contributed by atoms with Gasteiger partial charge in [0.25, 0.3) is 0 Å². The number of piperidine rings is 1. The Morgan fingerprint density at radius 1 is 1.04 bits per heavy atom. The lowest BCUT2D eigenvalue weighted by atomic mass is 9.91. The Morgan fingerprint density at radius 3 is 2.22 bits per heavy atom. The third-order valence-corrected chi connectivity index (χ3v) is 6.15. The average molecular weight is 371 g/mol. The molecule has 2 fully saturated rings. The molecule has 27 heavy (non-hydrogen) atoms. The molecule has 1 aliphatic heterocycles. The number of rotatable bonds is 2. The quantitative estimate of drug-likeness (QED) is 0.589. The molecule has 4 heteroatoms. The highest BCUT2D eigenvalue weighted by Crippen LogP contribution is 2.27. The monoisotopic (exact) mass is 370 g/mol. The van der Waals surface area contributed by atoms with E-state index in [9.17, 15) is 0 Å². The molecular weight excluding hydrogens is 332 g/mol. The second-order valence-corrected chi connectivity index (χ2v) is 9.22. The van der Waals surface area contributed by atoms with Crippen molar-refractivity contribution < 1.29 is 0 Å². The first kappa shape index (κ1) is 20.2. The van der Waals surface area contributed by atoms with Crippen molar-refractivity contribution in [1.82, 2.24) is 4.90 Å². The Balaban J connectivity index is 1.92. The number of aliphatic imine (C=N–C) groups is 1. The van der Waals surface area contributed by atoms with Crippen LogP contribution in [0.4, 0.5) is 5.69 Å². The van der Waals surface area contributed by atoms with E-state index < -0.39 is 0 Å². The van der Waals surface area contributed by atoms with Gasteiger partial charge in [0.05, 0.1) is 6.04 Å². The van der Waals surface area contributed by atoms with E-state index in [4.69, 9.17) is 10.7 Å². The summed E-state index contributed by atoms with van der Waals surface area (Å²) in [7, 11) is 0. The molecule has 1 saturated heterocycles. The zero-order chi connectivity index (χ0) is 19.6. The van der Waals surface area contributed by atoms with Crippen molar-refractivity contribution in [3.8, 4) is 0 Å². The number of anilines is 1. The van der Waals surface area contributed by atoms with Crippen LogP contribution in [0.1, 0.15) is 62.6 Å². The van der Waals surface area contributed by atoms with E-state index in [0.717, 1.165) is 31.9 Å². The van der Waals surface area contributed by atoms with Gasteiger partial charge in [-0.2, -0.15) is 0 Å². The third-order valence-electron chi connectivity index (χ3n) is 6.15. The summed E-state index contributed by atoms with van der Waals surface area (Å²) < 4.78 is 0. The van der Waals surface area contributed by atoms with Gasteiger partial charge in [-0.3, -0.25) is 0 Å². The molecule has 2 aliphatic rings. The fourth-order valence-corrected chi connectivity index (χ4v) is 4.98. The summed E-state index contributed by atoms with van der Waals surface area (Å²) in [5, 5.41) is 3.74. The van der Waals surface area contributed by atoms with Gasteiger partial charge >= 0.3 is 0 Å². The van der Waals surface area contributed by atoms with Gasteiger partial charge in [0.2, 0.25) is 0 Å². The molecule has 1 aromatic carbocycles. The molecular formula is C23H38N4. The second-order valence-electron chi connectivity index (χ2n) is 9.22. The number of benzene rings is 1. The Labute approximate surface area is 165 Å². The normalized spacial score (nSPS) is 29.7. The fourth-order valence-electron chi connectivity index (χ4n) is 4.98. The Bertz CT molecular complexity index is 648. The molecule has 4 atom stereocenters. The topological polar surface area (TPSA) is 53.6 Å². The number of hydrogen-bond acceptors (Lipinski definition) is 2. The van der Waals surface area contributed by atoms with E-state index in [2.05, 4.69) is 57.0 Å². The molecule has 0 radical (unpaired) electrons. The van der Waals surface area contributed by atoms with Crippen LogP contribution in [-0.2, 0) is 0 Å². The summed E-state index contributed by atoms with van der Waals surface area (Å²) in [6.45, 7) is 13.4. The van der Waals surface area contributed by atoms with Crippen molar-refractivity contribution in [3.05, 3.63) is 28.8 Å². The second kappa shape index (κ2) is 8.64. The molecule has 3 N–H and O–H groups in total. The van der Waals surface area contributed by atoms with Crippen LogP contribution in [0.2, 0.25) is 0 Å². The lowest BCUT2D eigenvalue weighted by Crippen LogP contribution is -2.47. The zero-order valence-corrected chi connectivity index (χ0v) is 17.9. The minimum absolute atomic E-state index is 0.190. The van der Waals surface area contributed by atoms with Gasteiger partial charge in [0.15, 0.2) is 5.96 Å². The van der Waals surface area contributed by atoms with Gasteiger partial charge in [-0.25, -0.2) is 4.99 Å². The summed E-state index contributed by atoms with van der Waals surface area (Å²) in [5.41, 5.74) is 11.5. The van der Waals surface area contributed by atoms with Crippen LogP contribution in [-0.4, -0.2) is 36.0 Å². The van der Waals surface area contributed by atoms with E-state index in [1.54, 1.807) is 0 Å². The Kier molecular flexibility index (Phi) is 6.46. The molecule has 1 saturated carbocycles. The van der Waals surface area contributed by atoms with Crippen LogP contribution in [0, 0.1) is 32.6 Å². The van der Waals surface area contributed by atoms with Gasteiger partial charge in [-0.05, 0) is 63.0 Å². The highest BCUT2D eigenvalue weighted by atomic mass is 15.3. The predicted octanol–water partition coefficient (Wildman–Crippen LogP) is 4.63. The van der Waals surface area contributed by atoms with E-state index in [0.29, 0.717) is 11.8 Å². The summed E-state index contributed by atoms with van der Waals surface area (Å²) in [6, 6.07) is 4.93. The fraction of sp³-hybridized carbons (Fsp3) is 0.696. The number of likely N-dealkylation sites (tertiary alicyclic amines) is 1. The van der Waals surface area contributed by atoms with Crippen LogP contribution in [0.5, 0.6) is 0 Å². The van der Waals surface area contributed by atoms with Crippen molar-refractivity contribution in [1.29, 1.82) is 0 Å². The Morgan fingerprint density at radius 2 is 1.63 bits per heavy atom. The van der Waals surface area contributed by atoms with Crippen LogP contribution in [0.3, 0.4) is 0 Å². The lowest BCUT2D eigenvalue weighted by molar-refractivity contribution is 0.211. The first-order valence-electron chi connectivity index (χ1n) is 10.8. The molecule has 2 unspecified atom stereocenters. The molecule has 1 aromatic rings. The molecule has 4 nitrogen and oxygen atoms in total. The highest BCUT2D eigenvalue weighted by molar-refractivity contribution is 5.95. The highest BCUT2D eigenvalue weighted by Gasteiger charge is 2.28. The van der Waals surface area contributed by atoms with E-state index in [-0.39, 0.29) is 12.1 Å². The SMILES string of the molecule is Cc1cc(C)c(NC(=N[C@H]2CCCC[C@@H]2N)N2CC(C)CC(C)C2)c(C)c1.